The number of ether oxygens (including phenoxy) is 1. The van der Waals surface area contributed by atoms with Crippen molar-refractivity contribution >= 4 is 51.2 Å². The van der Waals surface area contributed by atoms with Gasteiger partial charge in [-0.15, -0.1) is 22.7 Å². The van der Waals surface area contributed by atoms with E-state index in [0.717, 1.165) is 24.5 Å². The summed E-state index contributed by atoms with van der Waals surface area (Å²) in [6.07, 6.45) is 0. The van der Waals surface area contributed by atoms with Crippen molar-refractivity contribution in [2.75, 3.05) is 31.6 Å². The molecule has 31 heavy (non-hydrogen) atoms. The first-order valence-corrected chi connectivity index (χ1v) is 12.0. The van der Waals surface area contributed by atoms with Crippen LogP contribution in [-0.2, 0) is 11.3 Å². The fourth-order valence-corrected chi connectivity index (χ4v) is 5.53. The standard InChI is InChI=1S/C19H19N5O4S3/c1-12-10-30-19(20-12)31-16-3-2-13(8-15(16)24(26)27)17(25)22-18-21-14(11-29-18)9-23-4-6-28-7-5-23/h2-3,8,10-11H,4-7,9H2,1H3,(H,21,22,25). The molecule has 0 spiro atoms. The van der Waals surface area contributed by atoms with Gasteiger partial charge in [-0.3, -0.25) is 25.1 Å². The molecule has 1 aliphatic heterocycles. The van der Waals surface area contributed by atoms with Crippen LogP contribution >= 0.6 is 34.4 Å². The largest absolute Gasteiger partial charge is 0.379 e. The third kappa shape index (κ3) is 5.66. The minimum absolute atomic E-state index is 0.127. The molecule has 0 bridgehead atoms. The van der Waals surface area contributed by atoms with E-state index in [1.54, 1.807) is 12.1 Å². The molecule has 0 saturated carbocycles. The lowest BCUT2D eigenvalue weighted by molar-refractivity contribution is -0.387. The Morgan fingerprint density at radius 1 is 1.29 bits per heavy atom. The third-order valence-electron chi connectivity index (χ3n) is 4.47. The van der Waals surface area contributed by atoms with Crippen LogP contribution in [0.2, 0.25) is 0 Å². The van der Waals surface area contributed by atoms with Gasteiger partial charge >= 0.3 is 0 Å². The van der Waals surface area contributed by atoms with Crippen LogP contribution < -0.4 is 5.32 Å². The average Bonchev–Trinajstić information content (AvgIpc) is 3.37. The highest BCUT2D eigenvalue weighted by Crippen LogP contribution is 2.37. The summed E-state index contributed by atoms with van der Waals surface area (Å²) in [6.45, 7) is 5.70. The van der Waals surface area contributed by atoms with E-state index in [2.05, 4.69) is 20.2 Å². The monoisotopic (exact) mass is 477 g/mol. The van der Waals surface area contributed by atoms with Crippen LogP contribution in [0.1, 0.15) is 21.7 Å². The molecule has 1 amide bonds. The number of carbonyl (C=O) groups is 1. The zero-order chi connectivity index (χ0) is 21.8. The van der Waals surface area contributed by atoms with Crippen molar-refractivity contribution in [2.24, 2.45) is 0 Å². The predicted octanol–water partition coefficient (Wildman–Crippen LogP) is 4.05. The summed E-state index contributed by atoms with van der Waals surface area (Å²) in [5.41, 5.74) is 1.82. The van der Waals surface area contributed by atoms with Crippen molar-refractivity contribution in [1.29, 1.82) is 0 Å². The number of morpholine rings is 1. The van der Waals surface area contributed by atoms with Crippen LogP contribution in [0.4, 0.5) is 10.8 Å². The number of nitrogens with one attached hydrogen (secondary N) is 1. The Kier molecular flexibility index (Phi) is 6.92. The van der Waals surface area contributed by atoms with Gasteiger partial charge in [0.1, 0.15) is 0 Å². The molecule has 1 fully saturated rings. The molecular formula is C19H19N5O4S3. The van der Waals surface area contributed by atoms with Gasteiger partial charge in [-0.2, -0.15) is 0 Å². The first kappa shape index (κ1) is 21.8. The summed E-state index contributed by atoms with van der Waals surface area (Å²) >= 11 is 3.98. The molecule has 0 atom stereocenters. The van der Waals surface area contributed by atoms with E-state index in [1.165, 1.54) is 40.5 Å². The maximum absolute atomic E-state index is 12.7. The molecule has 1 aliphatic rings. The van der Waals surface area contributed by atoms with Crippen LogP contribution in [0.25, 0.3) is 0 Å². The molecule has 0 aliphatic carbocycles. The molecule has 9 nitrogen and oxygen atoms in total. The van der Waals surface area contributed by atoms with Crippen molar-refractivity contribution in [3.63, 3.8) is 0 Å². The number of hydrogen-bond acceptors (Lipinski definition) is 10. The topological polar surface area (TPSA) is 110 Å². The smallest absolute Gasteiger partial charge is 0.284 e. The Balaban J connectivity index is 1.44. The van der Waals surface area contributed by atoms with Crippen LogP contribution in [0.3, 0.4) is 0 Å². The number of benzene rings is 1. The van der Waals surface area contributed by atoms with E-state index in [0.29, 0.717) is 34.1 Å². The first-order chi connectivity index (χ1) is 15.0. The summed E-state index contributed by atoms with van der Waals surface area (Å²) in [5.74, 6) is -0.433. The maximum Gasteiger partial charge on any atom is 0.284 e. The number of thiazole rings is 2. The minimum atomic E-state index is -0.483. The lowest BCUT2D eigenvalue weighted by Crippen LogP contribution is -2.35. The first-order valence-electron chi connectivity index (χ1n) is 9.42. The number of carbonyl (C=O) groups excluding carboxylic acids is 1. The number of hydrogen-bond donors (Lipinski definition) is 1. The number of nitro benzene ring substituents is 1. The Morgan fingerprint density at radius 2 is 2.10 bits per heavy atom. The van der Waals surface area contributed by atoms with Crippen LogP contribution in [0, 0.1) is 17.0 Å². The number of amides is 1. The van der Waals surface area contributed by atoms with Crippen molar-refractivity contribution < 1.29 is 14.5 Å². The zero-order valence-corrected chi connectivity index (χ0v) is 19.0. The third-order valence-corrected chi connectivity index (χ3v) is 7.40. The van der Waals surface area contributed by atoms with E-state index in [9.17, 15) is 14.9 Å². The molecule has 12 heteroatoms. The van der Waals surface area contributed by atoms with Gasteiger partial charge in [-0.1, -0.05) is 11.8 Å². The molecule has 0 radical (unpaired) electrons. The molecule has 1 aromatic carbocycles. The van der Waals surface area contributed by atoms with E-state index in [4.69, 9.17) is 4.74 Å². The molecule has 0 unspecified atom stereocenters. The van der Waals surface area contributed by atoms with E-state index >= 15 is 0 Å². The SMILES string of the molecule is Cc1csc(Sc2ccc(C(=O)Nc3nc(CN4CCOCC4)cs3)cc2[N+](=O)[O-])n1. The summed E-state index contributed by atoms with van der Waals surface area (Å²) in [7, 11) is 0. The molecule has 1 N–H and O–H groups in total. The van der Waals surface area contributed by atoms with Gasteiger partial charge in [0.2, 0.25) is 0 Å². The van der Waals surface area contributed by atoms with E-state index in [-0.39, 0.29) is 11.3 Å². The molecule has 4 rings (SSSR count). The second-order valence-electron chi connectivity index (χ2n) is 6.78. The number of nitro groups is 1. The zero-order valence-electron chi connectivity index (χ0n) is 16.6. The Morgan fingerprint density at radius 3 is 2.81 bits per heavy atom. The number of rotatable bonds is 7. The second-order valence-corrected chi connectivity index (χ2v) is 9.79. The highest BCUT2D eigenvalue weighted by atomic mass is 32.2. The highest BCUT2D eigenvalue weighted by molar-refractivity contribution is 8.01. The van der Waals surface area contributed by atoms with E-state index in [1.807, 2.05) is 17.7 Å². The van der Waals surface area contributed by atoms with Gasteiger partial charge < -0.3 is 4.74 Å². The summed E-state index contributed by atoms with van der Waals surface area (Å²) in [6, 6.07) is 4.45. The van der Waals surface area contributed by atoms with Gasteiger partial charge in [0, 0.05) is 47.7 Å². The number of aromatic nitrogens is 2. The molecule has 3 heterocycles. The molecule has 3 aromatic rings. The van der Waals surface area contributed by atoms with E-state index < -0.39 is 10.8 Å². The van der Waals surface area contributed by atoms with Gasteiger partial charge in [-0.25, -0.2) is 9.97 Å². The highest BCUT2D eigenvalue weighted by Gasteiger charge is 2.20. The fraction of sp³-hybridized carbons (Fsp3) is 0.316. The quantitative estimate of drug-likeness (QED) is 0.401. The van der Waals surface area contributed by atoms with Crippen molar-refractivity contribution in [2.45, 2.75) is 22.7 Å². The van der Waals surface area contributed by atoms with Gasteiger partial charge in [0.25, 0.3) is 11.6 Å². The van der Waals surface area contributed by atoms with Crippen LogP contribution in [-0.4, -0.2) is 52.0 Å². The van der Waals surface area contributed by atoms with Crippen molar-refractivity contribution in [3.05, 3.63) is 56.0 Å². The number of anilines is 1. The minimum Gasteiger partial charge on any atom is -0.379 e. The lowest BCUT2D eigenvalue weighted by atomic mass is 10.2. The molecule has 2 aromatic heterocycles. The average molecular weight is 478 g/mol. The maximum atomic E-state index is 12.7. The molecule has 1 saturated heterocycles. The van der Waals surface area contributed by atoms with Crippen molar-refractivity contribution in [1.82, 2.24) is 14.9 Å². The summed E-state index contributed by atoms with van der Waals surface area (Å²) in [4.78, 5) is 35.2. The molecular weight excluding hydrogens is 458 g/mol. The number of aryl methyl sites for hydroxylation is 1. The molecule has 162 valence electrons. The van der Waals surface area contributed by atoms with Gasteiger partial charge in [0.05, 0.1) is 28.7 Å². The Bertz CT molecular complexity index is 1090. The van der Waals surface area contributed by atoms with Crippen LogP contribution in [0.15, 0.2) is 38.2 Å². The normalized spacial score (nSPS) is 14.5. The Hall–Kier alpha value is -2.38. The fourth-order valence-electron chi connectivity index (χ4n) is 2.96. The Labute approximate surface area is 190 Å². The number of nitrogens with zero attached hydrogens (tertiary/aromatic N) is 4. The lowest BCUT2D eigenvalue weighted by Gasteiger charge is -2.25. The van der Waals surface area contributed by atoms with Gasteiger partial charge in [0.15, 0.2) is 9.47 Å². The van der Waals surface area contributed by atoms with Gasteiger partial charge in [-0.05, 0) is 19.1 Å². The van der Waals surface area contributed by atoms with Crippen LogP contribution in [0.5, 0.6) is 0 Å². The van der Waals surface area contributed by atoms with Crippen molar-refractivity contribution in [3.8, 4) is 0 Å². The summed E-state index contributed by atoms with van der Waals surface area (Å²) in [5, 5.41) is 18.6. The predicted molar refractivity (Wildman–Crippen MR) is 120 cm³/mol. The second kappa shape index (κ2) is 9.83. The summed E-state index contributed by atoms with van der Waals surface area (Å²) < 4.78 is 6.06.